The molecule has 1 rings (SSSR count). The monoisotopic (exact) mass is 266 g/mol. The average molecular weight is 266 g/mol. The summed E-state index contributed by atoms with van der Waals surface area (Å²) in [4.78, 5) is 2.18. The van der Waals surface area contributed by atoms with Crippen LogP contribution in [-0.4, -0.2) is 36.3 Å². The summed E-state index contributed by atoms with van der Waals surface area (Å²) in [5.41, 5.74) is 1.27. The minimum atomic E-state index is 0.368. The van der Waals surface area contributed by atoms with Crippen LogP contribution in [-0.2, 0) is 11.3 Å². The summed E-state index contributed by atoms with van der Waals surface area (Å²) in [5.74, 6) is 0. The van der Waals surface area contributed by atoms with Gasteiger partial charge in [0, 0.05) is 26.2 Å². The molecular weight excluding hydrogens is 244 g/mol. The minimum absolute atomic E-state index is 0.368. The van der Waals surface area contributed by atoms with Gasteiger partial charge in [-0.25, -0.2) is 0 Å². The first-order valence-electron chi connectivity index (χ1n) is 6.22. The van der Waals surface area contributed by atoms with Crippen molar-refractivity contribution in [3.63, 3.8) is 0 Å². The number of hydrogen-bond acceptors (Lipinski definition) is 2. The van der Waals surface area contributed by atoms with Gasteiger partial charge in [-0.2, -0.15) is 0 Å². The van der Waals surface area contributed by atoms with E-state index in [0.717, 1.165) is 18.2 Å². The predicted molar refractivity (Wildman–Crippen MR) is 79.6 cm³/mol. The first-order valence-corrected chi connectivity index (χ1v) is 6.63. The predicted octanol–water partition coefficient (Wildman–Crippen LogP) is 2.42. The summed E-state index contributed by atoms with van der Waals surface area (Å²) in [5, 5.41) is 4.00. The lowest BCUT2D eigenvalue weighted by molar-refractivity contribution is 0.202. The summed E-state index contributed by atoms with van der Waals surface area (Å²) in [7, 11) is 1.69. The van der Waals surface area contributed by atoms with Crippen LogP contribution in [0.4, 0.5) is 0 Å². The molecule has 0 heterocycles. The molecule has 0 atom stereocenters. The zero-order chi connectivity index (χ0) is 13.4. The highest BCUT2D eigenvalue weighted by atomic mass is 32.1. The molecule has 0 saturated carbocycles. The molecule has 1 N–H and O–H groups in total. The summed E-state index contributed by atoms with van der Waals surface area (Å²) in [6.45, 7) is 6.53. The SMILES string of the molecule is COCCNC(=S)N(Cc1ccccc1)C(C)C. The van der Waals surface area contributed by atoms with Crippen molar-refractivity contribution in [3.8, 4) is 0 Å². The number of nitrogens with zero attached hydrogens (tertiary/aromatic N) is 1. The van der Waals surface area contributed by atoms with E-state index in [1.54, 1.807) is 7.11 Å². The number of nitrogens with one attached hydrogen (secondary N) is 1. The van der Waals surface area contributed by atoms with Crippen LogP contribution < -0.4 is 5.32 Å². The number of methoxy groups -OCH3 is 1. The standard InChI is InChI=1S/C14H22N2OS/c1-12(2)16(14(18)15-9-10-17-3)11-13-7-5-4-6-8-13/h4-8,12H,9-11H2,1-3H3,(H,15,18). The number of hydrogen-bond donors (Lipinski definition) is 1. The van der Waals surface area contributed by atoms with Crippen molar-refractivity contribution in [2.45, 2.75) is 26.4 Å². The van der Waals surface area contributed by atoms with Gasteiger partial charge < -0.3 is 15.0 Å². The van der Waals surface area contributed by atoms with Crippen LogP contribution in [0, 0.1) is 0 Å². The van der Waals surface area contributed by atoms with E-state index in [-0.39, 0.29) is 0 Å². The molecule has 0 amide bonds. The van der Waals surface area contributed by atoms with E-state index < -0.39 is 0 Å². The fraction of sp³-hybridized carbons (Fsp3) is 0.500. The van der Waals surface area contributed by atoms with E-state index >= 15 is 0 Å². The Hall–Kier alpha value is -1.13. The van der Waals surface area contributed by atoms with Gasteiger partial charge in [-0.05, 0) is 31.6 Å². The molecular formula is C14H22N2OS. The Morgan fingerprint density at radius 3 is 2.56 bits per heavy atom. The van der Waals surface area contributed by atoms with Gasteiger partial charge in [0.25, 0.3) is 0 Å². The Labute approximate surface area is 115 Å². The Morgan fingerprint density at radius 1 is 1.33 bits per heavy atom. The molecule has 0 saturated heterocycles. The number of rotatable bonds is 6. The number of thiocarbonyl (C=S) groups is 1. The average Bonchev–Trinajstić information content (AvgIpc) is 2.37. The van der Waals surface area contributed by atoms with Crippen LogP contribution in [0.5, 0.6) is 0 Å². The van der Waals surface area contributed by atoms with Gasteiger partial charge in [-0.3, -0.25) is 0 Å². The van der Waals surface area contributed by atoms with Crippen molar-refractivity contribution in [1.82, 2.24) is 10.2 Å². The lowest BCUT2D eigenvalue weighted by Crippen LogP contribution is -2.44. The van der Waals surface area contributed by atoms with Gasteiger partial charge in [0.15, 0.2) is 5.11 Å². The molecule has 100 valence electrons. The largest absolute Gasteiger partial charge is 0.383 e. The third kappa shape index (κ3) is 5.02. The molecule has 0 aliphatic rings. The lowest BCUT2D eigenvalue weighted by atomic mass is 10.2. The fourth-order valence-corrected chi connectivity index (χ4v) is 2.01. The molecule has 3 nitrogen and oxygen atoms in total. The maximum atomic E-state index is 5.42. The number of benzene rings is 1. The lowest BCUT2D eigenvalue weighted by Gasteiger charge is -2.29. The van der Waals surface area contributed by atoms with Crippen LogP contribution in [0.25, 0.3) is 0 Å². The second-order valence-electron chi connectivity index (χ2n) is 4.43. The Morgan fingerprint density at radius 2 is 2.00 bits per heavy atom. The zero-order valence-corrected chi connectivity index (χ0v) is 12.2. The van der Waals surface area contributed by atoms with E-state index in [0.29, 0.717) is 12.6 Å². The summed E-state index contributed by atoms with van der Waals surface area (Å²) < 4.78 is 5.01. The molecule has 0 bridgehead atoms. The van der Waals surface area contributed by atoms with Gasteiger partial charge >= 0.3 is 0 Å². The van der Waals surface area contributed by atoms with Gasteiger partial charge in [0.2, 0.25) is 0 Å². The Kier molecular flexibility index (Phi) is 6.68. The highest BCUT2D eigenvalue weighted by molar-refractivity contribution is 7.80. The van der Waals surface area contributed by atoms with Gasteiger partial charge in [-0.15, -0.1) is 0 Å². The van der Waals surface area contributed by atoms with Crippen molar-refractivity contribution in [3.05, 3.63) is 35.9 Å². The Balaban J connectivity index is 2.57. The highest BCUT2D eigenvalue weighted by Crippen LogP contribution is 2.08. The van der Waals surface area contributed by atoms with E-state index in [1.165, 1.54) is 5.56 Å². The third-order valence-corrected chi connectivity index (χ3v) is 3.04. The quantitative estimate of drug-likeness (QED) is 0.631. The van der Waals surface area contributed by atoms with Crippen LogP contribution in [0.3, 0.4) is 0 Å². The summed E-state index contributed by atoms with van der Waals surface area (Å²) >= 11 is 5.42. The third-order valence-electron chi connectivity index (χ3n) is 2.66. The molecule has 0 spiro atoms. The molecule has 4 heteroatoms. The summed E-state index contributed by atoms with van der Waals surface area (Å²) in [6, 6.07) is 10.7. The number of ether oxygens (including phenoxy) is 1. The van der Waals surface area contributed by atoms with E-state index in [1.807, 2.05) is 6.07 Å². The molecule has 0 radical (unpaired) electrons. The van der Waals surface area contributed by atoms with Gasteiger partial charge in [0.1, 0.15) is 0 Å². The molecule has 0 aromatic heterocycles. The molecule has 0 aliphatic heterocycles. The minimum Gasteiger partial charge on any atom is -0.383 e. The van der Waals surface area contributed by atoms with Crippen molar-refractivity contribution in [2.75, 3.05) is 20.3 Å². The van der Waals surface area contributed by atoms with Crippen molar-refractivity contribution in [2.24, 2.45) is 0 Å². The maximum absolute atomic E-state index is 5.42. The highest BCUT2D eigenvalue weighted by Gasteiger charge is 2.13. The second kappa shape index (κ2) is 8.06. The molecule has 0 aliphatic carbocycles. The zero-order valence-electron chi connectivity index (χ0n) is 11.3. The first-order chi connectivity index (χ1) is 8.65. The van der Waals surface area contributed by atoms with E-state index in [9.17, 15) is 0 Å². The molecule has 0 fully saturated rings. The van der Waals surface area contributed by atoms with Gasteiger partial charge in [0.05, 0.1) is 6.61 Å². The maximum Gasteiger partial charge on any atom is 0.169 e. The van der Waals surface area contributed by atoms with Crippen molar-refractivity contribution >= 4 is 17.3 Å². The van der Waals surface area contributed by atoms with Crippen LogP contribution in [0.15, 0.2) is 30.3 Å². The Bertz CT molecular complexity index is 354. The fourth-order valence-electron chi connectivity index (χ4n) is 1.63. The van der Waals surface area contributed by atoms with Crippen molar-refractivity contribution < 1.29 is 4.74 Å². The summed E-state index contributed by atoms with van der Waals surface area (Å²) in [6.07, 6.45) is 0. The smallest absolute Gasteiger partial charge is 0.169 e. The topological polar surface area (TPSA) is 24.5 Å². The molecule has 18 heavy (non-hydrogen) atoms. The second-order valence-corrected chi connectivity index (χ2v) is 4.82. The van der Waals surface area contributed by atoms with Crippen molar-refractivity contribution in [1.29, 1.82) is 0 Å². The molecule has 1 aromatic carbocycles. The van der Waals surface area contributed by atoms with Crippen LogP contribution in [0.1, 0.15) is 19.4 Å². The first kappa shape index (κ1) is 14.9. The van der Waals surface area contributed by atoms with Crippen LogP contribution >= 0.6 is 12.2 Å². The van der Waals surface area contributed by atoms with Crippen LogP contribution in [0.2, 0.25) is 0 Å². The normalized spacial score (nSPS) is 10.4. The van der Waals surface area contributed by atoms with Gasteiger partial charge in [-0.1, -0.05) is 30.3 Å². The molecule has 0 unspecified atom stereocenters. The molecule has 1 aromatic rings. The van der Waals surface area contributed by atoms with E-state index in [2.05, 4.69) is 48.3 Å². The van der Waals surface area contributed by atoms with E-state index in [4.69, 9.17) is 17.0 Å².